The van der Waals surface area contributed by atoms with E-state index in [2.05, 4.69) is 77.1 Å². The predicted octanol–water partition coefficient (Wildman–Crippen LogP) is 6.14. The average Bonchev–Trinajstić information content (AvgIpc) is 3.72. The van der Waals surface area contributed by atoms with Crippen LogP contribution < -0.4 is 4.74 Å². The third kappa shape index (κ3) is 4.80. The minimum atomic E-state index is -0.926. The maximum Gasteiger partial charge on any atom is 0.319 e. The summed E-state index contributed by atoms with van der Waals surface area (Å²) in [5.74, 6) is 0.730. The van der Waals surface area contributed by atoms with E-state index in [0.717, 1.165) is 83.9 Å². The third-order valence-electron chi connectivity index (χ3n) is 15.0. The molecule has 6 heterocycles. The number of aromatic amines is 2. The zero-order valence-electron chi connectivity index (χ0n) is 32.4. The number of carbonyl (C=O) groups excluding carboxylic acids is 3. The number of aldehydes is 1. The Kier molecular flexibility index (Phi) is 8.73. The zero-order chi connectivity index (χ0) is 37.6. The van der Waals surface area contributed by atoms with Crippen molar-refractivity contribution in [2.24, 2.45) is 29.6 Å². The second-order valence-corrected chi connectivity index (χ2v) is 16.9. The number of esters is 2. The summed E-state index contributed by atoms with van der Waals surface area (Å²) in [5.41, 5.74) is 6.68. The van der Waals surface area contributed by atoms with E-state index in [9.17, 15) is 14.4 Å². The number of piperidine rings is 3. The number of fused-ring (bicyclic) bond motifs is 9. The van der Waals surface area contributed by atoms with Crippen molar-refractivity contribution in [2.45, 2.75) is 88.3 Å². The van der Waals surface area contributed by atoms with Crippen LogP contribution in [0.3, 0.4) is 0 Å². The first-order chi connectivity index (χ1) is 26.2. The number of methoxy groups -OCH3 is 3. The number of ether oxygens (including phenoxy) is 3. The Morgan fingerprint density at radius 3 is 2.48 bits per heavy atom. The number of hydrogen-bond donors (Lipinski definition) is 2. The standard InChI is InChI=1S/C44H54N4O6/c1-7-23-17-25-20-44(43(51)54-6)40-28(15-16-48(41(23)44)34(25)22-49)27-13-14-35(52-4)37(39(27)46-40)31-18-29-24(8-2)21-47(3)33(36(29)42(50)53-5)19-30-26-11-9-10-12-32(26)45-38(30)31/h9-14,22-25,29,31,33-34,36,41,45-46H,7-8,15-21H2,1-6H3/t23-,24-,25-,29-,31+,33-,34-,36-,41+,44-/m0/s1. The third-order valence-corrected chi connectivity index (χ3v) is 15.0. The van der Waals surface area contributed by atoms with Gasteiger partial charge in [-0.1, -0.05) is 44.9 Å². The molecule has 2 aromatic heterocycles. The number of H-pyrrole nitrogens is 2. The quantitative estimate of drug-likeness (QED) is 0.172. The predicted molar refractivity (Wildman–Crippen MR) is 207 cm³/mol. The molecule has 2 N–H and O–H groups in total. The normalized spacial score (nSPS) is 34.3. The number of carbonyl (C=O) groups is 3. The Balaban J connectivity index is 1.31. The summed E-state index contributed by atoms with van der Waals surface area (Å²) in [6.45, 7) is 6.07. The minimum absolute atomic E-state index is 0.00897. The van der Waals surface area contributed by atoms with Crippen LogP contribution in [0.15, 0.2) is 36.4 Å². The summed E-state index contributed by atoms with van der Waals surface area (Å²) in [5, 5.41) is 2.26. The molecule has 4 fully saturated rings. The molecule has 54 heavy (non-hydrogen) atoms. The number of nitrogens with zero attached hydrogens (tertiary/aromatic N) is 2. The summed E-state index contributed by atoms with van der Waals surface area (Å²) in [4.78, 5) is 53.7. The maximum atomic E-state index is 14.5. The highest BCUT2D eigenvalue weighted by Gasteiger charge is 2.65. The van der Waals surface area contributed by atoms with Gasteiger partial charge in [-0.15, -0.1) is 0 Å². The van der Waals surface area contributed by atoms with Crippen LogP contribution in [0.25, 0.3) is 21.8 Å². The van der Waals surface area contributed by atoms with Gasteiger partial charge in [-0.3, -0.25) is 14.5 Å². The minimum Gasteiger partial charge on any atom is -0.496 e. The van der Waals surface area contributed by atoms with Crippen molar-refractivity contribution in [3.05, 3.63) is 64.5 Å². The van der Waals surface area contributed by atoms with E-state index in [1.807, 2.05) is 0 Å². The summed E-state index contributed by atoms with van der Waals surface area (Å²) >= 11 is 0. The maximum absolute atomic E-state index is 14.5. The number of rotatable bonds is 7. The zero-order valence-corrected chi connectivity index (χ0v) is 32.4. The number of likely N-dealkylation sites (tertiary alicyclic amines) is 1. The van der Waals surface area contributed by atoms with Crippen LogP contribution in [0.1, 0.15) is 79.9 Å². The molecule has 3 saturated heterocycles. The van der Waals surface area contributed by atoms with Gasteiger partial charge in [0, 0.05) is 64.3 Å². The lowest BCUT2D eigenvalue weighted by atomic mass is 9.54. The number of aromatic nitrogens is 2. The van der Waals surface area contributed by atoms with Crippen LogP contribution in [-0.2, 0) is 42.1 Å². The van der Waals surface area contributed by atoms with Gasteiger partial charge in [-0.25, -0.2) is 0 Å². The highest BCUT2D eigenvalue weighted by molar-refractivity contribution is 5.95. The van der Waals surface area contributed by atoms with Gasteiger partial charge in [-0.05, 0) is 92.1 Å². The number of hydrogen-bond acceptors (Lipinski definition) is 8. The van der Waals surface area contributed by atoms with Crippen LogP contribution in [0.4, 0.5) is 0 Å². The molecule has 1 saturated carbocycles. The van der Waals surface area contributed by atoms with Crippen LogP contribution >= 0.6 is 0 Å². The van der Waals surface area contributed by atoms with Gasteiger partial charge in [0.15, 0.2) is 0 Å². The van der Waals surface area contributed by atoms with E-state index in [1.165, 1.54) is 30.9 Å². The van der Waals surface area contributed by atoms with E-state index in [0.29, 0.717) is 25.3 Å². The molecular formula is C44H54N4O6. The second kappa shape index (κ2) is 13.3. The molecule has 2 aliphatic carbocycles. The Labute approximate surface area is 317 Å². The van der Waals surface area contributed by atoms with Crippen molar-refractivity contribution >= 4 is 40.0 Å². The first kappa shape index (κ1) is 35.5. The number of likely N-dealkylation sites (N-methyl/N-ethyl adjacent to an activating group) is 1. The van der Waals surface area contributed by atoms with E-state index in [-0.39, 0.29) is 59.7 Å². The fourth-order valence-electron chi connectivity index (χ4n) is 12.8. The fourth-order valence-corrected chi connectivity index (χ4v) is 12.8. The average molecular weight is 735 g/mol. The van der Waals surface area contributed by atoms with Crippen LogP contribution in [-0.4, -0.2) is 97.6 Å². The van der Waals surface area contributed by atoms with E-state index in [4.69, 9.17) is 14.2 Å². The second-order valence-electron chi connectivity index (χ2n) is 16.9. The monoisotopic (exact) mass is 734 g/mol. The van der Waals surface area contributed by atoms with Gasteiger partial charge >= 0.3 is 11.9 Å². The van der Waals surface area contributed by atoms with Crippen LogP contribution in [0.2, 0.25) is 0 Å². The van der Waals surface area contributed by atoms with Crippen molar-refractivity contribution < 1.29 is 28.6 Å². The summed E-state index contributed by atoms with van der Waals surface area (Å²) in [6, 6.07) is 12.4. The summed E-state index contributed by atoms with van der Waals surface area (Å²) in [7, 11) is 6.94. The molecule has 2 aromatic carbocycles. The van der Waals surface area contributed by atoms with Gasteiger partial charge in [0.25, 0.3) is 0 Å². The molecule has 11 atom stereocenters. The van der Waals surface area contributed by atoms with E-state index in [1.54, 1.807) is 7.11 Å². The lowest BCUT2D eigenvalue weighted by Gasteiger charge is -2.60. The topological polar surface area (TPSA) is 117 Å². The Bertz CT molecular complexity index is 2140. The molecule has 4 aliphatic heterocycles. The van der Waals surface area contributed by atoms with Gasteiger partial charge in [0.1, 0.15) is 17.5 Å². The molecule has 10 nitrogen and oxygen atoms in total. The molecule has 10 rings (SSSR count). The van der Waals surface area contributed by atoms with Crippen molar-refractivity contribution in [3.8, 4) is 5.75 Å². The molecule has 4 aromatic rings. The van der Waals surface area contributed by atoms with Gasteiger partial charge in [-0.2, -0.15) is 0 Å². The molecule has 10 heteroatoms. The summed E-state index contributed by atoms with van der Waals surface area (Å²) in [6.07, 6.45) is 6.71. The molecule has 6 aliphatic rings. The largest absolute Gasteiger partial charge is 0.496 e. The van der Waals surface area contributed by atoms with Crippen LogP contribution in [0.5, 0.6) is 5.75 Å². The SMILES string of the molecule is CC[C@H]1CN(C)[C@H]2Cc3c([nH]c4ccccc34)[C@@H](c3c(OC)ccc4c5c([nH]c34)[C@@]3(C(=O)OC)C[C@@H]4C[C@H](CC)[C@H]3N(CC5)[C@H]4C=O)C[C@@H]1[C@@H]2C(=O)OC. The molecule has 0 amide bonds. The fraction of sp³-hybridized carbons (Fsp3) is 0.568. The molecular weight excluding hydrogens is 681 g/mol. The van der Waals surface area contributed by atoms with Crippen molar-refractivity contribution in [1.29, 1.82) is 0 Å². The lowest BCUT2D eigenvalue weighted by Crippen LogP contribution is -2.71. The van der Waals surface area contributed by atoms with E-state index >= 15 is 0 Å². The molecule has 286 valence electrons. The first-order valence-corrected chi connectivity index (χ1v) is 20.1. The highest BCUT2D eigenvalue weighted by atomic mass is 16.5. The number of benzene rings is 2. The molecule has 6 bridgehead atoms. The van der Waals surface area contributed by atoms with Gasteiger partial charge < -0.3 is 33.9 Å². The Morgan fingerprint density at radius 1 is 0.963 bits per heavy atom. The van der Waals surface area contributed by atoms with Gasteiger partial charge in [0.05, 0.1) is 38.8 Å². The summed E-state index contributed by atoms with van der Waals surface area (Å²) < 4.78 is 17.7. The number of para-hydroxylation sites is 1. The Morgan fingerprint density at radius 2 is 1.76 bits per heavy atom. The van der Waals surface area contributed by atoms with Gasteiger partial charge in [0.2, 0.25) is 0 Å². The highest BCUT2D eigenvalue weighted by Crippen LogP contribution is 2.58. The first-order valence-electron chi connectivity index (χ1n) is 20.1. The molecule has 0 spiro atoms. The van der Waals surface area contributed by atoms with Crippen molar-refractivity contribution in [1.82, 2.24) is 19.8 Å². The van der Waals surface area contributed by atoms with Crippen molar-refractivity contribution in [3.63, 3.8) is 0 Å². The molecule has 0 radical (unpaired) electrons. The molecule has 1 unspecified atom stereocenters. The lowest BCUT2D eigenvalue weighted by molar-refractivity contribution is -0.169. The Hall–Kier alpha value is -4.15. The smallest absolute Gasteiger partial charge is 0.319 e. The number of nitrogens with one attached hydrogen (secondary N) is 2. The van der Waals surface area contributed by atoms with Crippen molar-refractivity contribution in [2.75, 3.05) is 41.5 Å². The van der Waals surface area contributed by atoms with Crippen LogP contribution in [0, 0.1) is 29.6 Å². The van der Waals surface area contributed by atoms with E-state index < -0.39 is 5.41 Å².